The highest BCUT2D eigenvalue weighted by Crippen LogP contribution is 2.48. The molecule has 0 aromatic heterocycles. The van der Waals surface area contributed by atoms with Crippen LogP contribution in [-0.2, 0) is 4.79 Å². The van der Waals surface area contributed by atoms with E-state index in [1.165, 1.54) is 38.5 Å². The van der Waals surface area contributed by atoms with Crippen molar-refractivity contribution in [3.63, 3.8) is 0 Å². The first-order valence-corrected chi connectivity index (χ1v) is 18.9. The van der Waals surface area contributed by atoms with Crippen LogP contribution >= 0.6 is 9.24 Å². The molecule has 0 radical (unpaired) electrons. The van der Waals surface area contributed by atoms with E-state index in [9.17, 15) is 4.79 Å². The summed E-state index contributed by atoms with van der Waals surface area (Å²) in [4.78, 5) is 12.6. The summed E-state index contributed by atoms with van der Waals surface area (Å²) in [5.41, 5.74) is 4.37. The first-order chi connectivity index (χ1) is 20.5. The highest BCUT2D eigenvalue weighted by molar-refractivity contribution is 7.17. The topological polar surface area (TPSA) is 17.1 Å². The summed E-state index contributed by atoms with van der Waals surface area (Å²) in [5, 5.41) is 0. The Morgan fingerprint density at radius 3 is 2.16 bits per heavy atom. The fraction of sp³-hybridized carbons (Fsp3) is 0.732. The van der Waals surface area contributed by atoms with Crippen LogP contribution < -0.4 is 0 Å². The number of ketones is 1. The fourth-order valence-corrected chi connectivity index (χ4v) is 9.16. The molecule has 1 nitrogen and oxygen atoms in total. The number of hydrogen-bond donors (Lipinski definition) is 0. The molecule has 0 aromatic carbocycles. The predicted octanol–water partition coefficient (Wildman–Crippen LogP) is 11.5. The molecule has 248 valence electrons. The number of Topliss-reactive ketones (excluding diaryl/α,β-unsaturated/α-hetero) is 1. The minimum atomic E-state index is 0.183. The first-order valence-electron chi connectivity index (χ1n) is 18.2. The van der Waals surface area contributed by atoms with Gasteiger partial charge < -0.3 is 0 Å². The lowest BCUT2D eigenvalue weighted by molar-refractivity contribution is -0.129. The average molecular weight is 621 g/mol. The third kappa shape index (κ3) is 12.9. The lowest BCUT2D eigenvalue weighted by Crippen LogP contribution is -2.41. The van der Waals surface area contributed by atoms with Gasteiger partial charge in [0, 0.05) is 5.92 Å². The molecule has 7 unspecified atom stereocenters. The largest absolute Gasteiger partial charge is 0.300 e. The van der Waals surface area contributed by atoms with Crippen molar-refractivity contribution in [2.75, 3.05) is 0 Å². The van der Waals surface area contributed by atoms with E-state index in [-0.39, 0.29) is 22.6 Å². The zero-order valence-corrected chi connectivity index (χ0v) is 31.9. The maximum absolute atomic E-state index is 12.6. The SMILES string of the molecule is B[C@H]1CC(C)(C)C(C/C=C\C(C)CCCC(C)C/C=C/CC(C)/C=C/CC(C)/C=C/C2=C(C)C[C@@H](P)CC2(C)C)C(C)C1=O. The van der Waals surface area contributed by atoms with E-state index >= 15 is 0 Å². The second-order valence-electron chi connectivity index (χ2n) is 16.7. The monoisotopic (exact) mass is 621 g/mol. The Hall–Kier alpha value is -1.14. The van der Waals surface area contributed by atoms with Gasteiger partial charge in [-0.15, -0.1) is 9.24 Å². The number of carbonyl (C=O) groups is 1. The van der Waals surface area contributed by atoms with Crippen LogP contribution in [0.3, 0.4) is 0 Å². The molecular weight excluding hydrogens is 550 g/mol. The van der Waals surface area contributed by atoms with Crippen LogP contribution in [0.4, 0.5) is 0 Å². The Balaban J connectivity index is 1.63. The number of hydrogen-bond acceptors (Lipinski definition) is 1. The van der Waals surface area contributed by atoms with Crippen LogP contribution in [0, 0.1) is 46.3 Å². The molecule has 2 rings (SSSR count). The van der Waals surface area contributed by atoms with E-state index in [4.69, 9.17) is 0 Å². The van der Waals surface area contributed by atoms with Gasteiger partial charge in [-0.2, -0.15) is 0 Å². The van der Waals surface area contributed by atoms with Gasteiger partial charge in [0.05, 0.1) is 0 Å². The molecule has 2 aliphatic carbocycles. The van der Waals surface area contributed by atoms with Gasteiger partial charge in [-0.05, 0) is 116 Å². The van der Waals surface area contributed by atoms with Crippen molar-refractivity contribution in [1.29, 1.82) is 0 Å². The molecule has 0 spiro atoms. The normalized spacial score (nSPS) is 28.8. The molecule has 2 aliphatic rings. The van der Waals surface area contributed by atoms with Crippen LogP contribution in [-0.4, -0.2) is 19.3 Å². The van der Waals surface area contributed by atoms with Gasteiger partial charge in [0.25, 0.3) is 0 Å². The van der Waals surface area contributed by atoms with E-state index in [0.717, 1.165) is 37.3 Å². The van der Waals surface area contributed by atoms with Crippen molar-refractivity contribution in [3.8, 4) is 0 Å². The molecule has 3 heteroatoms. The van der Waals surface area contributed by atoms with Gasteiger partial charge in [-0.25, -0.2) is 0 Å². The van der Waals surface area contributed by atoms with E-state index < -0.39 is 0 Å². The number of allylic oxidation sites excluding steroid dienone is 10. The van der Waals surface area contributed by atoms with Gasteiger partial charge in [-0.3, -0.25) is 4.79 Å². The van der Waals surface area contributed by atoms with E-state index in [2.05, 4.69) is 135 Å². The predicted molar refractivity (Wildman–Crippen MR) is 203 cm³/mol. The molecule has 1 saturated carbocycles. The molecule has 0 N–H and O–H groups in total. The third-order valence-electron chi connectivity index (χ3n) is 10.9. The highest BCUT2D eigenvalue weighted by atomic mass is 31.0. The van der Waals surface area contributed by atoms with Gasteiger partial charge in [0.2, 0.25) is 0 Å². The summed E-state index contributed by atoms with van der Waals surface area (Å²) in [5.74, 6) is 3.86. The smallest absolute Gasteiger partial charge is 0.131 e. The van der Waals surface area contributed by atoms with Gasteiger partial charge in [0.15, 0.2) is 0 Å². The van der Waals surface area contributed by atoms with Crippen LogP contribution in [0.15, 0.2) is 59.8 Å². The fourth-order valence-electron chi connectivity index (χ4n) is 8.22. The van der Waals surface area contributed by atoms with Gasteiger partial charge in [-0.1, -0.05) is 129 Å². The molecule has 0 aromatic rings. The average Bonchev–Trinajstić information content (AvgIpc) is 2.90. The molecule has 0 saturated heterocycles. The number of rotatable bonds is 16. The highest BCUT2D eigenvalue weighted by Gasteiger charge is 2.43. The molecule has 0 bridgehead atoms. The van der Waals surface area contributed by atoms with Crippen molar-refractivity contribution in [2.24, 2.45) is 46.3 Å². The van der Waals surface area contributed by atoms with Crippen LogP contribution in [0.1, 0.15) is 133 Å². The van der Waals surface area contributed by atoms with Crippen molar-refractivity contribution in [2.45, 2.75) is 145 Å². The molecule has 44 heavy (non-hydrogen) atoms. The summed E-state index contributed by atoms with van der Waals surface area (Å²) >= 11 is 0. The maximum atomic E-state index is 12.6. The Morgan fingerprint density at radius 1 is 0.864 bits per heavy atom. The zero-order chi connectivity index (χ0) is 33.1. The van der Waals surface area contributed by atoms with E-state index in [0.29, 0.717) is 29.5 Å². The van der Waals surface area contributed by atoms with Crippen molar-refractivity contribution in [1.82, 2.24) is 0 Å². The van der Waals surface area contributed by atoms with E-state index in [1.54, 1.807) is 11.1 Å². The maximum Gasteiger partial charge on any atom is 0.131 e. The summed E-state index contributed by atoms with van der Waals surface area (Å²) in [6.45, 7) is 23.4. The summed E-state index contributed by atoms with van der Waals surface area (Å²) in [6.07, 6.45) is 31.1. The standard InChI is InChI=1S/C41H70BOP/c1-29(18-13-20-31(3)22-15-23-37-34(6)39(43)38(42)28-41(37,9)10)16-11-12-17-30(2)19-14-21-32(4)24-25-36-33(5)26-35(44)27-40(36,7)8/h11-12,14-15,19,22,24-25,29-32,34-35,37-38H,13,16-18,20-21,23,26-28,42,44H2,1-10H3/b12-11+,19-14+,22-15-,25-24+/t29?,30?,31?,32?,34?,35-,37?,38+/m1/s1. The minimum absolute atomic E-state index is 0.183. The lowest BCUT2D eigenvalue weighted by atomic mass is 9.55. The van der Waals surface area contributed by atoms with Crippen molar-refractivity contribution in [3.05, 3.63) is 59.8 Å². The summed E-state index contributed by atoms with van der Waals surface area (Å²) < 4.78 is 0. The third-order valence-corrected chi connectivity index (χ3v) is 11.4. The van der Waals surface area contributed by atoms with Crippen LogP contribution in [0.2, 0.25) is 5.82 Å². The Morgan fingerprint density at radius 2 is 1.48 bits per heavy atom. The summed E-state index contributed by atoms with van der Waals surface area (Å²) in [6, 6.07) is 0. The van der Waals surface area contributed by atoms with Gasteiger partial charge >= 0.3 is 0 Å². The molecule has 1 fully saturated rings. The van der Waals surface area contributed by atoms with Crippen molar-refractivity contribution < 1.29 is 4.79 Å². The molecular formula is C41H70BOP. The Labute approximate surface area is 278 Å². The van der Waals surface area contributed by atoms with E-state index in [1.807, 2.05) is 0 Å². The van der Waals surface area contributed by atoms with Crippen LogP contribution in [0.25, 0.3) is 0 Å². The number of carbonyl (C=O) groups excluding carboxylic acids is 1. The Bertz CT molecular complexity index is 1040. The van der Waals surface area contributed by atoms with Crippen LogP contribution in [0.5, 0.6) is 0 Å². The zero-order valence-electron chi connectivity index (χ0n) is 30.8. The summed E-state index contributed by atoms with van der Waals surface area (Å²) in [7, 11) is 5.15. The molecule has 0 aliphatic heterocycles. The molecule has 0 amide bonds. The lowest BCUT2D eigenvalue weighted by Gasteiger charge is -2.44. The van der Waals surface area contributed by atoms with Crippen molar-refractivity contribution >= 4 is 22.9 Å². The quantitative estimate of drug-likeness (QED) is 0.0953. The second kappa shape index (κ2) is 18.3. The molecule has 9 atom stereocenters. The minimum Gasteiger partial charge on any atom is -0.300 e. The first kappa shape index (κ1) is 39.0. The second-order valence-corrected chi connectivity index (χ2v) is 17.7. The Kier molecular flexibility index (Phi) is 16.2. The molecule has 0 heterocycles. The van der Waals surface area contributed by atoms with Gasteiger partial charge in [0.1, 0.15) is 13.6 Å².